The molecule has 0 unspecified atom stereocenters. The second kappa shape index (κ2) is 7.69. The normalized spacial score (nSPS) is 22.1. The molecule has 24 heavy (non-hydrogen) atoms. The molecule has 0 saturated heterocycles. The van der Waals surface area contributed by atoms with Gasteiger partial charge in [-0.15, -0.1) is 0 Å². The Morgan fingerprint density at radius 3 is 2.50 bits per heavy atom. The number of anilines is 1. The molecule has 0 spiro atoms. The predicted molar refractivity (Wildman–Crippen MR) is 98.0 cm³/mol. The van der Waals surface area contributed by atoms with Gasteiger partial charge in [-0.25, -0.2) is 4.99 Å². The Kier molecular flexibility index (Phi) is 5.86. The SMILES string of the molecule is Cc1cccc(NC(N)=NC2CCC(C(=O)OC(C)(C)C)CC2)c1. The number of hydrogen-bond acceptors (Lipinski definition) is 3. The maximum atomic E-state index is 12.1. The second-order valence-electron chi connectivity index (χ2n) is 7.55. The van der Waals surface area contributed by atoms with Gasteiger partial charge in [-0.05, 0) is 71.1 Å². The number of rotatable bonds is 3. The number of guanidine groups is 1. The smallest absolute Gasteiger partial charge is 0.309 e. The van der Waals surface area contributed by atoms with Crippen LogP contribution in [0.15, 0.2) is 29.3 Å². The number of nitrogens with one attached hydrogen (secondary N) is 1. The Morgan fingerprint density at radius 2 is 1.92 bits per heavy atom. The minimum absolute atomic E-state index is 0.0124. The lowest BCUT2D eigenvalue weighted by molar-refractivity contribution is -0.161. The zero-order valence-corrected chi connectivity index (χ0v) is 15.1. The predicted octanol–water partition coefficient (Wildman–Crippen LogP) is 3.62. The fourth-order valence-corrected chi connectivity index (χ4v) is 2.93. The van der Waals surface area contributed by atoms with Gasteiger partial charge in [0.2, 0.25) is 0 Å². The van der Waals surface area contributed by atoms with Crippen LogP contribution >= 0.6 is 0 Å². The van der Waals surface area contributed by atoms with Crippen LogP contribution in [0.1, 0.15) is 52.0 Å². The van der Waals surface area contributed by atoms with Gasteiger partial charge in [0.1, 0.15) is 5.60 Å². The van der Waals surface area contributed by atoms with Crippen molar-refractivity contribution in [2.45, 2.75) is 65.0 Å². The molecule has 0 amide bonds. The summed E-state index contributed by atoms with van der Waals surface area (Å²) in [5, 5.41) is 3.13. The number of benzene rings is 1. The molecule has 0 aliphatic heterocycles. The number of carbonyl (C=O) groups excluding carboxylic acids is 1. The zero-order valence-electron chi connectivity index (χ0n) is 15.1. The number of nitrogens with zero attached hydrogens (tertiary/aromatic N) is 1. The summed E-state index contributed by atoms with van der Waals surface area (Å²) in [4.78, 5) is 16.7. The van der Waals surface area contributed by atoms with Crippen LogP contribution in [0.5, 0.6) is 0 Å². The molecule has 5 heteroatoms. The third-order valence-corrected chi connectivity index (χ3v) is 4.05. The summed E-state index contributed by atoms with van der Waals surface area (Å²) >= 11 is 0. The van der Waals surface area contributed by atoms with Gasteiger partial charge in [0.05, 0.1) is 12.0 Å². The first kappa shape index (κ1) is 18.3. The topological polar surface area (TPSA) is 76.7 Å². The minimum atomic E-state index is -0.422. The fourth-order valence-electron chi connectivity index (χ4n) is 2.93. The zero-order chi connectivity index (χ0) is 17.7. The highest BCUT2D eigenvalue weighted by atomic mass is 16.6. The average molecular weight is 331 g/mol. The number of aliphatic imine (C=N–C) groups is 1. The van der Waals surface area contributed by atoms with E-state index in [0.717, 1.165) is 31.4 Å². The largest absolute Gasteiger partial charge is 0.460 e. The molecule has 132 valence electrons. The summed E-state index contributed by atoms with van der Waals surface area (Å²) in [6.07, 6.45) is 3.34. The van der Waals surface area contributed by atoms with Crippen molar-refractivity contribution in [3.05, 3.63) is 29.8 Å². The lowest BCUT2D eigenvalue weighted by Gasteiger charge is -2.28. The minimum Gasteiger partial charge on any atom is -0.460 e. The van der Waals surface area contributed by atoms with Crippen molar-refractivity contribution in [3.63, 3.8) is 0 Å². The first-order chi connectivity index (χ1) is 11.2. The molecule has 0 atom stereocenters. The molecule has 1 aromatic carbocycles. The van der Waals surface area contributed by atoms with Crippen molar-refractivity contribution < 1.29 is 9.53 Å². The molecule has 0 aromatic heterocycles. The summed E-state index contributed by atoms with van der Waals surface area (Å²) in [5.41, 5.74) is 7.70. The van der Waals surface area contributed by atoms with E-state index in [4.69, 9.17) is 10.5 Å². The molecule has 1 saturated carbocycles. The molecular formula is C19H29N3O2. The van der Waals surface area contributed by atoms with Crippen LogP contribution in [0.3, 0.4) is 0 Å². The third kappa shape index (κ3) is 5.87. The maximum Gasteiger partial charge on any atom is 0.309 e. The van der Waals surface area contributed by atoms with Gasteiger partial charge in [0, 0.05) is 5.69 Å². The Balaban J connectivity index is 1.84. The van der Waals surface area contributed by atoms with Gasteiger partial charge in [-0.3, -0.25) is 4.79 Å². The highest BCUT2D eigenvalue weighted by molar-refractivity contribution is 5.92. The Hall–Kier alpha value is -2.04. The molecule has 1 aliphatic rings. The Morgan fingerprint density at radius 1 is 1.25 bits per heavy atom. The van der Waals surface area contributed by atoms with Gasteiger partial charge in [0.15, 0.2) is 5.96 Å². The highest BCUT2D eigenvalue weighted by Gasteiger charge is 2.29. The van der Waals surface area contributed by atoms with Crippen molar-refractivity contribution in [3.8, 4) is 0 Å². The molecular weight excluding hydrogens is 302 g/mol. The van der Waals surface area contributed by atoms with E-state index in [9.17, 15) is 4.79 Å². The van der Waals surface area contributed by atoms with E-state index in [-0.39, 0.29) is 17.9 Å². The standard InChI is InChI=1S/C19H29N3O2/c1-13-6-5-7-16(12-13)22-18(20)21-15-10-8-14(9-11-15)17(23)24-19(2,3)4/h5-7,12,14-15H,8-11H2,1-4H3,(H3,20,21,22). The van der Waals surface area contributed by atoms with Crippen LogP contribution < -0.4 is 11.1 Å². The summed E-state index contributed by atoms with van der Waals surface area (Å²) in [6, 6.07) is 8.19. The van der Waals surface area contributed by atoms with Crippen molar-refractivity contribution in [2.75, 3.05) is 5.32 Å². The molecule has 1 aliphatic carbocycles. The summed E-state index contributed by atoms with van der Waals surface area (Å²) in [6.45, 7) is 7.74. The van der Waals surface area contributed by atoms with Crippen LogP contribution in [0.2, 0.25) is 0 Å². The van der Waals surface area contributed by atoms with Gasteiger partial charge < -0.3 is 15.8 Å². The summed E-state index contributed by atoms with van der Waals surface area (Å²) in [7, 11) is 0. The Bertz CT molecular complexity index is 597. The van der Waals surface area contributed by atoms with E-state index in [1.54, 1.807) is 0 Å². The highest BCUT2D eigenvalue weighted by Crippen LogP contribution is 2.28. The van der Waals surface area contributed by atoms with Crippen molar-refractivity contribution in [2.24, 2.45) is 16.6 Å². The summed E-state index contributed by atoms with van der Waals surface area (Å²) in [5.74, 6) is 0.332. The van der Waals surface area contributed by atoms with E-state index >= 15 is 0 Å². The molecule has 0 heterocycles. The van der Waals surface area contributed by atoms with Gasteiger partial charge in [-0.1, -0.05) is 12.1 Å². The molecule has 1 fully saturated rings. The van der Waals surface area contributed by atoms with E-state index in [1.165, 1.54) is 5.56 Å². The lowest BCUT2D eigenvalue weighted by atomic mass is 9.86. The van der Waals surface area contributed by atoms with Crippen molar-refractivity contribution in [1.82, 2.24) is 0 Å². The molecule has 3 N–H and O–H groups in total. The van der Waals surface area contributed by atoms with Crippen LogP contribution in [-0.2, 0) is 9.53 Å². The van der Waals surface area contributed by atoms with E-state index in [1.807, 2.05) is 52.0 Å². The summed E-state index contributed by atoms with van der Waals surface area (Å²) < 4.78 is 5.47. The number of nitrogens with two attached hydrogens (primary N) is 1. The van der Waals surface area contributed by atoms with Gasteiger partial charge in [0.25, 0.3) is 0 Å². The Labute approximate surface area is 144 Å². The van der Waals surface area contributed by atoms with E-state index < -0.39 is 5.60 Å². The van der Waals surface area contributed by atoms with E-state index in [2.05, 4.69) is 10.3 Å². The second-order valence-corrected chi connectivity index (χ2v) is 7.55. The first-order valence-electron chi connectivity index (χ1n) is 8.63. The van der Waals surface area contributed by atoms with Crippen molar-refractivity contribution >= 4 is 17.6 Å². The third-order valence-electron chi connectivity index (χ3n) is 4.05. The first-order valence-corrected chi connectivity index (χ1v) is 8.63. The number of aryl methyl sites for hydroxylation is 1. The lowest BCUT2D eigenvalue weighted by Crippen LogP contribution is -2.32. The van der Waals surface area contributed by atoms with Gasteiger partial charge >= 0.3 is 5.97 Å². The molecule has 2 rings (SSSR count). The van der Waals surface area contributed by atoms with Crippen LogP contribution in [0.25, 0.3) is 0 Å². The molecule has 0 radical (unpaired) electrons. The van der Waals surface area contributed by atoms with Gasteiger partial charge in [-0.2, -0.15) is 0 Å². The van der Waals surface area contributed by atoms with Crippen LogP contribution in [0, 0.1) is 12.8 Å². The molecule has 5 nitrogen and oxygen atoms in total. The molecule has 1 aromatic rings. The number of ether oxygens (including phenoxy) is 1. The number of hydrogen-bond donors (Lipinski definition) is 2. The van der Waals surface area contributed by atoms with Crippen LogP contribution in [-0.4, -0.2) is 23.6 Å². The number of esters is 1. The number of carbonyl (C=O) groups is 1. The quantitative estimate of drug-likeness (QED) is 0.504. The van der Waals surface area contributed by atoms with Crippen LogP contribution in [0.4, 0.5) is 5.69 Å². The van der Waals surface area contributed by atoms with Crippen molar-refractivity contribution in [1.29, 1.82) is 0 Å². The maximum absolute atomic E-state index is 12.1. The molecule has 0 bridgehead atoms. The fraction of sp³-hybridized carbons (Fsp3) is 0.579. The average Bonchev–Trinajstić information content (AvgIpc) is 2.46. The monoisotopic (exact) mass is 331 g/mol. The van der Waals surface area contributed by atoms with E-state index in [0.29, 0.717) is 5.96 Å².